The molecule has 7 nitrogen and oxygen atoms in total. The molecule has 0 atom stereocenters. The Morgan fingerprint density at radius 1 is 1.12 bits per heavy atom. The minimum absolute atomic E-state index is 0.280. The number of carbonyl (C=O) groups excluding carboxylic acids is 1. The van der Waals surface area contributed by atoms with Crippen molar-refractivity contribution in [2.24, 2.45) is 0 Å². The normalized spacial score (nSPS) is 18.9. The van der Waals surface area contributed by atoms with Crippen LogP contribution in [-0.2, 0) is 4.79 Å². The van der Waals surface area contributed by atoms with E-state index in [4.69, 9.17) is 0 Å². The number of likely N-dealkylation sites (tertiary alicyclic amines) is 1. The summed E-state index contributed by atoms with van der Waals surface area (Å²) in [5.74, 6) is 1.95. The lowest BCUT2D eigenvalue weighted by Gasteiger charge is -2.35. The summed E-state index contributed by atoms with van der Waals surface area (Å²) in [4.78, 5) is 27.9. The predicted molar refractivity (Wildman–Crippen MR) is 95.4 cm³/mol. The second-order valence-electron chi connectivity index (χ2n) is 6.58. The number of rotatable bonds is 5. The topological polar surface area (TPSA) is 64.6 Å². The van der Waals surface area contributed by atoms with Crippen LogP contribution in [0.4, 0.5) is 11.8 Å². The Labute approximate surface area is 144 Å². The maximum absolute atomic E-state index is 12.3. The number of anilines is 2. The van der Waals surface area contributed by atoms with Gasteiger partial charge in [-0.2, -0.15) is 4.98 Å². The van der Waals surface area contributed by atoms with Crippen LogP contribution in [0.15, 0.2) is 6.07 Å². The van der Waals surface area contributed by atoms with Gasteiger partial charge in [-0.25, -0.2) is 4.98 Å². The molecule has 2 saturated heterocycles. The summed E-state index contributed by atoms with van der Waals surface area (Å²) in [6.07, 6.45) is 2.30. The minimum atomic E-state index is 0.280. The van der Waals surface area contributed by atoms with Gasteiger partial charge >= 0.3 is 0 Å². The van der Waals surface area contributed by atoms with E-state index in [2.05, 4.69) is 32.0 Å². The molecule has 0 radical (unpaired) electrons. The number of amides is 1. The fourth-order valence-corrected chi connectivity index (χ4v) is 3.33. The number of aryl methyl sites for hydroxylation is 1. The van der Waals surface area contributed by atoms with Crippen LogP contribution in [0.2, 0.25) is 0 Å². The zero-order chi connectivity index (χ0) is 16.9. The van der Waals surface area contributed by atoms with Crippen molar-refractivity contribution in [1.82, 2.24) is 19.8 Å². The molecule has 3 heterocycles. The van der Waals surface area contributed by atoms with E-state index >= 15 is 0 Å². The third kappa shape index (κ3) is 4.14. The standard InChI is InChI=1S/C17H28N6O/c1-3-18-15-12-14(2)19-17(20-15)23-10-8-21(9-11-23)13-16(24)22-6-4-5-7-22/h12H,3-11,13H2,1-2H3,(H,18,19,20). The van der Waals surface area contributed by atoms with Crippen molar-refractivity contribution < 1.29 is 4.79 Å². The molecule has 1 aromatic rings. The molecule has 0 bridgehead atoms. The molecule has 132 valence electrons. The lowest BCUT2D eigenvalue weighted by molar-refractivity contribution is -0.131. The minimum Gasteiger partial charge on any atom is -0.370 e. The molecule has 0 aromatic carbocycles. The molecule has 0 spiro atoms. The zero-order valence-electron chi connectivity index (χ0n) is 14.8. The van der Waals surface area contributed by atoms with Crippen molar-refractivity contribution in [2.75, 3.05) is 62.6 Å². The zero-order valence-corrected chi connectivity index (χ0v) is 14.8. The number of piperazine rings is 1. The average Bonchev–Trinajstić information content (AvgIpc) is 3.10. The smallest absolute Gasteiger partial charge is 0.236 e. The van der Waals surface area contributed by atoms with E-state index in [9.17, 15) is 4.79 Å². The molecule has 1 aromatic heterocycles. The van der Waals surface area contributed by atoms with E-state index in [-0.39, 0.29) is 5.91 Å². The number of hydrogen-bond acceptors (Lipinski definition) is 6. The summed E-state index contributed by atoms with van der Waals surface area (Å²) in [5, 5.41) is 3.26. The molecule has 0 aliphatic carbocycles. The van der Waals surface area contributed by atoms with Gasteiger partial charge in [0.25, 0.3) is 0 Å². The van der Waals surface area contributed by atoms with Gasteiger partial charge in [0.2, 0.25) is 11.9 Å². The first kappa shape index (κ1) is 17.0. The summed E-state index contributed by atoms with van der Waals surface area (Å²) in [5.41, 5.74) is 0.975. The van der Waals surface area contributed by atoms with Crippen molar-refractivity contribution in [3.05, 3.63) is 11.8 Å². The van der Waals surface area contributed by atoms with Crippen molar-refractivity contribution >= 4 is 17.7 Å². The molecular formula is C17H28N6O. The molecule has 0 saturated carbocycles. The SMILES string of the molecule is CCNc1cc(C)nc(N2CCN(CC(=O)N3CCCC3)CC2)n1. The highest BCUT2D eigenvalue weighted by Gasteiger charge is 2.24. The van der Waals surface area contributed by atoms with Crippen LogP contribution in [-0.4, -0.2) is 78.0 Å². The Morgan fingerprint density at radius 3 is 2.50 bits per heavy atom. The van der Waals surface area contributed by atoms with Gasteiger partial charge in [0.1, 0.15) is 5.82 Å². The second kappa shape index (κ2) is 7.79. The highest BCUT2D eigenvalue weighted by Crippen LogP contribution is 2.16. The quantitative estimate of drug-likeness (QED) is 0.866. The fourth-order valence-electron chi connectivity index (χ4n) is 3.33. The van der Waals surface area contributed by atoms with Crippen molar-refractivity contribution in [1.29, 1.82) is 0 Å². The number of nitrogens with zero attached hydrogens (tertiary/aromatic N) is 5. The van der Waals surface area contributed by atoms with E-state index in [1.54, 1.807) is 0 Å². The van der Waals surface area contributed by atoms with Crippen LogP contribution < -0.4 is 10.2 Å². The highest BCUT2D eigenvalue weighted by atomic mass is 16.2. The van der Waals surface area contributed by atoms with Gasteiger partial charge in [-0.3, -0.25) is 9.69 Å². The molecule has 1 amide bonds. The Hall–Kier alpha value is -1.89. The molecule has 2 aliphatic rings. The number of hydrogen-bond donors (Lipinski definition) is 1. The highest BCUT2D eigenvalue weighted by molar-refractivity contribution is 5.78. The second-order valence-corrected chi connectivity index (χ2v) is 6.58. The summed E-state index contributed by atoms with van der Waals surface area (Å²) >= 11 is 0. The molecule has 24 heavy (non-hydrogen) atoms. The fraction of sp³-hybridized carbons (Fsp3) is 0.706. The first-order chi connectivity index (χ1) is 11.7. The van der Waals surface area contributed by atoms with E-state index in [0.29, 0.717) is 6.54 Å². The Bertz CT molecular complexity index is 564. The first-order valence-corrected chi connectivity index (χ1v) is 9.00. The predicted octanol–water partition coefficient (Wildman–Crippen LogP) is 0.961. The molecule has 1 N–H and O–H groups in total. The van der Waals surface area contributed by atoms with Crippen LogP contribution in [0, 0.1) is 6.92 Å². The molecule has 2 fully saturated rings. The summed E-state index contributed by atoms with van der Waals surface area (Å²) in [7, 11) is 0. The van der Waals surface area contributed by atoms with Crippen molar-refractivity contribution in [3.8, 4) is 0 Å². The van der Waals surface area contributed by atoms with Gasteiger partial charge in [-0.15, -0.1) is 0 Å². The van der Waals surface area contributed by atoms with Crippen LogP contribution in [0.5, 0.6) is 0 Å². The van der Waals surface area contributed by atoms with Gasteiger partial charge in [-0.1, -0.05) is 0 Å². The maximum atomic E-state index is 12.3. The molecule has 0 unspecified atom stereocenters. The lowest BCUT2D eigenvalue weighted by atomic mass is 10.3. The Kier molecular flexibility index (Phi) is 5.50. The Morgan fingerprint density at radius 2 is 1.83 bits per heavy atom. The van der Waals surface area contributed by atoms with Crippen LogP contribution in [0.3, 0.4) is 0 Å². The van der Waals surface area contributed by atoms with Crippen molar-refractivity contribution in [3.63, 3.8) is 0 Å². The van der Waals surface area contributed by atoms with E-state index in [0.717, 1.165) is 76.1 Å². The Balaban J connectivity index is 1.54. The third-order valence-corrected chi connectivity index (χ3v) is 4.67. The van der Waals surface area contributed by atoms with Gasteiger partial charge in [-0.05, 0) is 26.7 Å². The average molecular weight is 332 g/mol. The van der Waals surface area contributed by atoms with E-state index < -0.39 is 0 Å². The summed E-state index contributed by atoms with van der Waals surface area (Å²) < 4.78 is 0. The lowest BCUT2D eigenvalue weighted by Crippen LogP contribution is -2.50. The summed E-state index contributed by atoms with van der Waals surface area (Å²) in [6.45, 7) is 10.8. The molecular weight excluding hydrogens is 304 g/mol. The van der Waals surface area contributed by atoms with Crippen LogP contribution in [0.1, 0.15) is 25.5 Å². The number of nitrogens with one attached hydrogen (secondary N) is 1. The van der Waals surface area contributed by atoms with E-state index in [1.165, 1.54) is 0 Å². The van der Waals surface area contributed by atoms with Gasteiger partial charge in [0.15, 0.2) is 0 Å². The number of carbonyl (C=O) groups is 1. The molecule has 3 rings (SSSR count). The monoisotopic (exact) mass is 332 g/mol. The third-order valence-electron chi connectivity index (χ3n) is 4.67. The first-order valence-electron chi connectivity index (χ1n) is 9.00. The number of aromatic nitrogens is 2. The molecule has 2 aliphatic heterocycles. The largest absolute Gasteiger partial charge is 0.370 e. The van der Waals surface area contributed by atoms with Gasteiger partial charge in [0, 0.05) is 57.6 Å². The summed E-state index contributed by atoms with van der Waals surface area (Å²) in [6, 6.07) is 1.97. The van der Waals surface area contributed by atoms with Gasteiger partial charge < -0.3 is 15.1 Å². The van der Waals surface area contributed by atoms with Crippen molar-refractivity contribution in [2.45, 2.75) is 26.7 Å². The maximum Gasteiger partial charge on any atom is 0.236 e. The van der Waals surface area contributed by atoms with Crippen LogP contribution in [0.25, 0.3) is 0 Å². The molecule has 7 heteroatoms. The van der Waals surface area contributed by atoms with Crippen LogP contribution >= 0.6 is 0 Å². The van der Waals surface area contributed by atoms with E-state index in [1.807, 2.05) is 17.9 Å². The van der Waals surface area contributed by atoms with Gasteiger partial charge in [0.05, 0.1) is 6.54 Å².